The van der Waals surface area contributed by atoms with E-state index in [1.807, 2.05) is 0 Å². The monoisotopic (exact) mass is 210 g/mol. The molecule has 0 aliphatic heterocycles. The van der Waals surface area contributed by atoms with E-state index in [-0.39, 0.29) is 12.1 Å². The van der Waals surface area contributed by atoms with Gasteiger partial charge in [0.25, 0.3) is 11.5 Å². The summed E-state index contributed by atoms with van der Waals surface area (Å²) < 4.78 is 0. The summed E-state index contributed by atoms with van der Waals surface area (Å²) >= 11 is 0. The second kappa shape index (κ2) is 4.27. The summed E-state index contributed by atoms with van der Waals surface area (Å²) in [4.78, 5) is 25.1. The van der Waals surface area contributed by atoms with Crippen LogP contribution in [0, 0.1) is 0 Å². The number of H-pyrrole nitrogens is 1. The van der Waals surface area contributed by atoms with Crippen molar-refractivity contribution in [3.8, 4) is 0 Å². The summed E-state index contributed by atoms with van der Waals surface area (Å²) in [5, 5.41) is 11.9. The van der Waals surface area contributed by atoms with Gasteiger partial charge in [0.1, 0.15) is 5.56 Å². The summed E-state index contributed by atoms with van der Waals surface area (Å²) in [6.07, 6.45) is 1.45. The molecule has 15 heavy (non-hydrogen) atoms. The number of carbonyl (C=O) groups is 1. The predicted molar refractivity (Wildman–Crippen MR) is 55.7 cm³/mol. The maximum Gasteiger partial charge on any atom is 0.260 e. The Hall–Kier alpha value is -1.62. The van der Waals surface area contributed by atoms with Crippen molar-refractivity contribution >= 4 is 5.91 Å². The molecule has 0 aromatic carbocycles. The Morgan fingerprint density at radius 1 is 1.60 bits per heavy atom. The standard InChI is InChI=1S/C10H14N2O3/c1-10(2,15)6-12-9(14)7-4-3-5-11-8(7)13/h3-5,15H,6H2,1-2H3,(H,11,13)(H,12,14). The van der Waals surface area contributed by atoms with Gasteiger partial charge in [0.15, 0.2) is 0 Å². The fraction of sp³-hybridized carbons (Fsp3) is 0.400. The van der Waals surface area contributed by atoms with Crippen LogP contribution in [-0.2, 0) is 0 Å². The highest BCUT2D eigenvalue weighted by Gasteiger charge is 2.15. The van der Waals surface area contributed by atoms with Gasteiger partial charge in [-0.05, 0) is 26.0 Å². The molecular weight excluding hydrogens is 196 g/mol. The maximum absolute atomic E-state index is 11.5. The van der Waals surface area contributed by atoms with E-state index in [1.54, 1.807) is 19.9 Å². The van der Waals surface area contributed by atoms with Gasteiger partial charge in [-0.3, -0.25) is 9.59 Å². The number of aromatic amines is 1. The van der Waals surface area contributed by atoms with Crippen LogP contribution in [-0.4, -0.2) is 28.1 Å². The second-order valence-electron chi connectivity index (χ2n) is 3.91. The molecule has 0 bridgehead atoms. The zero-order valence-electron chi connectivity index (χ0n) is 8.70. The fourth-order valence-electron chi connectivity index (χ4n) is 0.992. The summed E-state index contributed by atoms with van der Waals surface area (Å²) in [6, 6.07) is 3.00. The average molecular weight is 210 g/mol. The zero-order valence-corrected chi connectivity index (χ0v) is 8.70. The van der Waals surface area contributed by atoms with E-state index in [4.69, 9.17) is 0 Å². The molecule has 0 spiro atoms. The Morgan fingerprint density at radius 2 is 2.27 bits per heavy atom. The first-order chi connectivity index (χ1) is 6.90. The fourth-order valence-corrected chi connectivity index (χ4v) is 0.992. The number of hydrogen-bond donors (Lipinski definition) is 3. The van der Waals surface area contributed by atoms with Crippen molar-refractivity contribution in [2.24, 2.45) is 0 Å². The quantitative estimate of drug-likeness (QED) is 0.650. The van der Waals surface area contributed by atoms with Gasteiger partial charge < -0.3 is 15.4 Å². The maximum atomic E-state index is 11.5. The van der Waals surface area contributed by atoms with Crippen molar-refractivity contribution in [3.63, 3.8) is 0 Å². The molecule has 1 heterocycles. The molecule has 1 aromatic heterocycles. The molecule has 1 aromatic rings. The van der Waals surface area contributed by atoms with Crippen molar-refractivity contribution in [3.05, 3.63) is 34.2 Å². The van der Waals surface area contributed by atoms with Crippen molar-refractivity contribution in [1.82, 2.24) is 10.3 Å². The summed E-state index contributed by atoms with van der Waals surface area (Å²) in [5.74, 6) is -0.487. The lowest BCUT2D eigenvalue weighted by molar-refractivity contribution is 0.0693. The molecule has 0 aliphatic rings. The normalized spacial score (nSPS) is 11.1. The largest absolute Gasteiger partial charge is 0.389 e. The van der Waals surface area contributed by atoms with Crippen LogP contribution in [0.2, 0.25) is 0 Å². The smallest absolute Gasteiger partial charge is 0.260 e. The number of rotatable bonds is 3. The van der Waals surface area contributed by atoms with Crippen molar-refractivity contribution in [2.45, 2.75) is 19.4 Å². The Morgan fingerprint density at radius 3 is 2.80 bits per heavy atom. The van der Waals surface area contributed by atoms with Gasteiger partial charge in [-0.2, -0.15) is 0 Å². The number of aliphatic hydroxyl groups is 1. The van der Waals surface area contributed by atoms with Crippen LogP contribution in [0.25, 0.3) is 0 Å². The minimum absolute atomic E-state index is 0.0433. The molecule has 0 atom stereocenters. The number of nitrogens with one attached hydrogen (secondary N) is 2. The zero-order chi connectivity index (χ0) is 11.5. The lowest BCUT2D eigenvalue weighted by Gasteiger charge is -2.17. The molecule has 1 amide bonds. The highest BCUT2D eigenvalue weighted by Crippen LogP contribution is 1.98. The molecule has 3 N–H and O–H groups in total. The van der Waals surface area contributed by atoms with Crippen LogP contribution in [0.5, 0.6) is 0 Å². The van der Waals surface area contributed by atoms with E-state index in [1.165, 1.54) is 12.3 Å². The molecule has 0 aliphatic carbocycles. The molecule has 5 nitrogen and oxygen atoms in total. The Balaban J connectivity index is 2.71. The van der Waals surface area contributed by atoms with Crippen molar-refractivity contribution in [1.29, 1.82) is 0 Å². The van der Waals surface area contributed by atoms with Crippen LogP contribution in [0.1, 0.15) is 24.2 Å². The molecule has 0 fully saturated rings. The SMILES string of the molecule is CC(C)(O)CNC(=O)c1ccc[nH]c1=O. The van der Waals surface area contributed by atoms with Gasteiger partial charge in [0.2, 0.25) is 0 Å². The van der Waals surface area contributed by atoms with E-state index in [9.17, 15) is 14.7 Å². The van der Waals surface area contributed by atoms with Gasteiger partial charge in [-0.15, -0.1) is 0 Å². The minimum Gasteiger partial charge on any atom is -0.389 e. The van der Waals surface area contributed by atoms with Crippen LogP contribution in [0.4, 0.5) is 0 Å². The number of aromatic nitrogens is 1. The van der Waals surface area contributed by atoms with Gasteiger partial charge in [-0.25, -0.2) is 0 Å². The van der Waals surface area contributed by atoms with Gasteiger partial charge >= 0.3 is 0 Å². The second-order valence-corrected chi connectivity index (χ2v) is 3.91. The summed E-state index contributed by atoms with van der Waals surface area (Å²) in [5.41, 5.74) is -1.38. The van der Waals surface area contributed by atoms with E-state index in [0.717, 1.165) is 0 Å². The molecule has 82 valence electrons. The summed E-state index contributed by atoms with van der Waals surface area (Å²) in [6.45, 7) is 3.24. The van der Waals surface area contributed by atoms with Gasteiger partial charge in [0.05, 0.1) is 5.60 Å². The van der Waals surface area contributed by atoms with Crippen LogP contribution in [0.3, 0.4) is 0 Å². The first-order valence-electron chi connectivity index (χ1n) is 4.58. The number of amides is 1. The average Bonchev–Trinajstić information content (AvgIpc) is 2.14. The minimum atomic E-state index is -0.989. The van der Waals surface area contributed by atoms with E-state index >= 15 is 0 Å². The first-order valence-corrected chi connectivity index (χ1v) is 4.58. The molecular formula is C10H14N2O3. The number of pyridine rings is 1. The molecule has 0 saturated heterocycles. The predicted octanol–water partition coefficient (Wildman–Crippen LogP) is -0.124. The highest BCUT2D eigenvalue weighted by atomic mass is 16.3. The third kappa shape index (κ3) is 3.55. The molecule has 0 radical (unpaired) electrons. The molecule has 0 unspecified atom stereocenters. The molecule has 5 heteroatoms. The van der Waals surface area contributed by atoms with E-state index < -0.39 is 17.1 Å². The van der Waals surface area contributed by atoms with Crippen LogP contribution in [0.15, 0.2) is 23.1 Å². The lowest BCUT2D eigenvalue weighted by Crippen LogP contribution is -2.39. The Kier molecular flexibility index (Phi) is 3.26. The van der Waals surface area contributed by atoms with Crippen molar-refractivity contribution in [2.75, 3.05) is 6.54 Å². The lowest BCUT2D eigenvalue weighted by atomic mass is 10.1. The van der Waals surface area contributed by atoms with E-state index in [0.29, 0.717) is 0 Å². The van der Waals surface area contributed by atoms with Crippen LogP contribution >= 0.6 is 0 Å². The molecule has 1 rings (SSSR count). The Labute approximate surface area is 87.1 Å². The highest BCUT2D eigenvalue weighted by molar-refractivity contribution is 5.93. The summed E-state index contributed by atoms with van der Waals surface area (Å²) in [7, 11) is 0. The third-order valence-electron chi connectivity index (χ3n) is 1.74. The van der Waals surface area contributed by atoms with E-state index in [2.05, 4.69) is 10.3 Å². The van der Waals surface area contributed by atoms with Gasteiger partial charge in [-0.1, -0.05) is 0 Å². The topological polar surface area (TPSA) is 82.2 Å². The van der Waals surface area contributed by atoms with Crippen molar-refractivity contribution < 1.29 is 9.90 Å². The first kappa shape index (κ1) is 11.5. The van der Waals surface area contributed by atoms with Crippen LogP contribution < -0.4 is 10.9 Å². The number of hydrogen-bond acceptors (Lipinski definition) is 3. The molecule has 0 saturated carbocycles. The van der Waals surface area contributed by atoms with Gasteiger partial charge in [0, 0.05) is 12.7 Å². The number of carbonyl (C=O) groups excluding carboxylic acids is 1. The Bertz CT molecular complexity index is 404. The third-order valence-corrected chi connectivity index (χ3v) is 1.74.